The summed E-state index contributed by atoms with van der Waals surface area (Å²) in [6.45, 7) is 4.68. The molecular formula is C19H24N2O3S. The summed E-state index contributed by atoms with van der Waals surface area (Å²) in [5.41, 5.74) is 3.62. The maximum absolute atomic E-state index is 12.1. The van der Waals surface area contributed by atoms with E-state index >= 15 is 0 Å². The van der Waals surface area contributed by atoms with E-state index in [2.05, 4.69) is 5.32 Å². The Labute approximate surface area is 149 Å². The molecule has 25 heavy (non-hydrogen) atoms. The number of amides is 1. The van der Waals surface area contributed by atoms with Crippen LogP contribution < -0.4 is 5.32 Å². The number of sulfonamides is 1. The highest BCUT2D eigenvalue weighted by molar-refractivity contribution is 7.88. The highest BCUT2D eigenvalue weighted by Crippen LogP contribution is 2.10. The summed E-state index contributed by atoms with van der Waals surface area (Å²) < 4.78 is 25.4. The van der Waals surface area contributed by atoms with Crippen LogP contribution in [0, 0.1) is 13.8 Å². The molecule has 0 saturated carbocycles. The van der Waals surface area contributed by atoms with Gasteiger partial charge in [-0.1, -0.05) is 47.5 Å². The lowest BCUT2D eigenvalue weighted by Gasteiger charge is -2.20. The molecule has 0 radical (unpaired) electrons. The van der Waals surface area contributed by atoms with Gasteiger partial charge < -0.3 is 5.32 Å². The van der Waals surface area contributed by atoms with E-state index in [1.165, 1.54) is 10.6 Å². The van der Waals surface area contributed by atoms with E-state index in [-0.39, 0.29) is 19.0 Å². The molecule has 0 heterocycles. The Hall–Kier alpha value is -2.18. The minimum atomic E-state index is -3.36. The molecular weight excluding hydrogens is 336 g/mol. The molecule has 0 aliphatic rings. The summed E-state index contributed by atoms with van der Waals surface area (Å²) >= 11 is 0. The predicted octanol–water partition coefficient (Wildman–Crippen LogP) is 2.50. The Morgan fingerprint density at radius 1 is 1.04 bits per heavy atom. The molecule has 6 heteroatoms. The van der Waals surface area contributed by atoms with Crippen molar-refractivity contribution >= 4 is 15.9 Å². The quantitative estimate of drug-likeness (QED) is 0.825. The molecule has 2 rings (SSSR count). The van der Waals surface area contributed by atoms with E-state index in [4.69, 9.17) is 0 Å². The third kappa shape index (κ3) is 5.99. The van der Waals surface area contributed by atoms with Gasteiger partial charge >= 0.3 is 0 Å². The van der Waals surface area contributed by atoms with E-state index in [1.807, 2.05) is 50.2 Å². The molecule has 0 aromatic heterocycles. The third-order valence-corrected chi connectivity index (χ3v) is 5.13. The predicted molar refractivity (Wildman–Crippen MR) is 99.9 cm³/mol. The van der Waals surface area contributed by atoms with Gasteiger partial charge in [-0.2, -0.15) is 4.31 Å². The van der Waals surface area contributed by atoms with Gasteiger partial charge in [-0.15, -0.1) is 0 Å². The van der Waals surface area contributed by atoms with Crippen molar-refractivity contribution in [3.05, 3.63) is 70.8 Å². The summed E-state index contributed by atoms with van der Waals surface area (Å²) in [7, 11) is -3.36. The van der Waals surface area contributed by atoms with E-state index in [1.54, 1.807) is 12.1 Å². The van der Waals surface area contributed by atoms with Crippen LogP contribution in [0.15, 0.2) is 48.5 Å². The molecule has 1 N–H and O–H groups in total. The first-order chi connectivity index (χ1) is 11.8. The minimum absolute atomic E-state index is 0.201. The first-order valence-corrected chi connectivity index (χ1v) is 9.96. The molecule has 0 unspecified atom stereocenters. The second kappa shape index (κ2) is 8.27. The number of nitrogens with one attached hydrogen (secondary N) is 1. The van der Waals surface area contributed by atoms with Gasteiger partial charge in [0.2, 0.25) is 10.0 Å². The highest BCUT2D eigenvalue weighted by atomic mass is 32.2. The van der Waals surface area contributed by atoms with Gasteiger partial charge in [0.1, 0.15) is 0 Å². The van der Waals surface area contributed by atoms with Crippen molar-refractivity contribution in [2.24, 2.45) is 0 Å². The topological polar surface area (TPSA) is 66.5 Å². The SMILES string of the molecule is Cc1ccc(CN(CCNC(=O)c2cccc(C)c2)S(C)(=O)=O)cc1. The minimum Gasteiger partial charge on any atom is -0.351 e. The lowest BCUT2D eigenvalue weighted by Crippen LogP contribution is -2.37. The molecule has 0 aliphatic heterocycles. The Morgan fingerprint density at radius 3 is 2.32 bits per heavy atom. The van der Waals surface area contributed by atoms with Crippen LogP contribution in [-0.4, -0.2) is 38.0 Å². The Morgan fingerprint density at radius 2 is 1.72 bits per heavy atom. The molecule has 5 nitrogen and oxygen atoms in total. The molecule has 1 amide bonds. The smallest absolute Gasteiger partial charge is 0.251 e. The average molecular weight is 360 g/mol. The summed E-state index contributed by atoms with van der Waals surface area (Å²) in [5, 5.41) is 2.78. The Kier molecular flexibility index (Phi) is 6.33. The standard InChI is InChI=1S/C19H24N2O3S/c1-15-7-9-17(10-8-15)14-21(25(3,23)24)12-11-20-19(22)18-6-4-5-16(2)13-18/h4-10,13H,11-12,14H2,1-3H3,(H,20,22). The second-order valence-corrected chi connectivity index (χ2v) is 8.19. The zero-order chi connectivity index (χ0) is 18.4. The van der Waals surface area contributed by atoms with Crippen molar-refractivity contribution in [1.29, 1.82) is 0 Å². The van der Waals surface area contributed by atoms with E-state index in [0.717, 1.165) is 16.7 Å². The van der Waals surface area contributed by atoms with Gasteiger partial charge in [-0.05, 0) is 31.5 Å². The Balaban J connectivity index is 1.96. The highest BCUT2D eigenvalue weighted by Gasteiger charge is 2.17. The summed E-state index contributed by atoms with van der Waals surface area (Å²) in [6.07, 6.45) is 1.18. The van der Waals surface area contributed by atoms with Crippen LogP contribution in [0.1, 0.15) is 27.0 Å². The van der Waals surface area contributed by atoms with Gasteiger partial charge in [-0.25, -0.2) is 8.42 Å². The third-order valence-electron chi connectivity index (χ3n) is 3.88. The average Bonchev–Trinajstić information content (AvgIpc) is 2.54. The van der Waals surface area contributed by atoms with Gasteiger partial charge in [0.25, 0.3) is 5.91 Å². The van der Waals surface area contributed by atoms with Gasteiger partial charge in [0.05, 0.1) is 6.26 Å². The fourth-order valence-corrected chi connectivity index (χ4v) is 3.25. The van der Waals surface area contributed by atoms with Crippen molar-refractivity contribution in [3.8, 4) is 0 Å². The van der Waals surface area contributed by atoms with Crippen LogP contribution >= 0.6 is 0 Å². The zero-order valence-electron chi connectivity index (χ0n) is 14.8. The number of hydrogen-bond donors (Lipinski definition) is 1. The van der Waals surface area contributed by atoms with Crippen molar-refractivity contribution in [3.63, 3.8) is 0 Å². The number of carbonyl (C=O) groups is 1. The summed E-state index contributed by atoms with van der Waals surface area (Å²) in [6, 6.07) is 15.0. The van der Waals surface area contributed by atoms with Crippen LogP contribution in [0.4, 0.5) is 0 Å². The van der Waals surface area contributed by atoms with Gasteiger partial charge in [-0.3, -0.25) is 4.79 Å². The van der Waals surface area contributed by atoms with E-state index in [9.17, 15) is 13.2 Å². The lowest BCUT2D eigenvalue weighted by atomic mass is 10.1. The molecule has 0 fully saturated rings. The first-order valence-electron chi connectivity index (χ1n) is 8.11. The zero-order valence-corrected chi connectivity index (χ0v) is 15.6. The van der Waals surface area contributed by atoms with Gasteiger partial charge in [0.15, 0.2) is 0 Å². The first kappa shape index (κ1) is 19.1. The van der Waals surface area contributed by atoms with Crippen molar-refractivity contribution < 1.29 is 13.2 Å². The number of rotatable bonds is 7. The largest absolute Gasteiger partial charge is 0.351 e. The number of carbonyl (C=O) groups excluding carboxylic acids is 1. The van der Waals surface area contributed by atoms with Crippen LogP contribution in [0.5, 0.6) is 0 Å². The lowest BCUT2D eigenvalue weighted by molar-refractivity contribution is 0.0951. The summed E-state index contributed by atoms with van der Waals surface area (Å²) in [5.74, 6) is -0.201. The maximum atomic E-state index is 12.1. The molecule has 2 aromatic carbocycles. The van der Waals surface area contributed by atoms with Crippen molar-refractivity contribution in [2.45, 2.75) is 20.4 Å². The number of hydrogen-bond acceptors (Lipinski definition) is 3. The van der Waals surface area contributed by atoms with Crippen molar-refractivity contribution in [2.75, 3.05) is 19.3 Å². The molecule has 0 aliphatic carbocycles. The fraction of sp³-hybridized carbons (Fsp3) is 0.316. The summed E-state index contributed by atoms with van der Waals surface area (Å²) in [4.78, 5) is 12.1. The molecule has 0 bridgehead atoms. The molecule has 2 aromatic rings. The fourth-order valence-electron chi connectivity index (χ4n) is 2.44. The monoisotopic (exact) mass is 360 g/mol. The second-order valence-electron chi connectivity index (χ2n) is 6.21. The van der Waals surface area contributed by atoms with Gasteiger partial charge in [0, 0.05) is 25.2 Å². The molecule has 0 spiro atoms. The molecule has 0 atom stereocenters. The Bertz CT molecular complexity index is 830. The molecule has 134 valence electrons. The number of nitrogens with zero attached hydrogens (tertiary/aromatic N) is 1. The van der Waals surface area contributed by atoms with Crippen molar-refractivity contribution in [1.82, 2.24) is 9.62 Å². The van der Waals surface area contributed by atoms with Crippen LogP contribution in [-0.2, 0) is 16.6 Å². The van der Waals surface area contributed by atoms with E-state index < -0.39 is 10.0 Å². The normalized spacial score (nSPS) is 11.5. The maximum Gasteiger partial charge on any atom is 0.251 e. The van der Waals surface area contributed by atoms with Crippen LogP contribution in [0.2, 0.25) is 0 Å². The molecule has 0 saturated heterocycles. The van der Waals surface area contributed by atoms with Crippen LogP contribution in [0.25, 0.3) is 0 Å². The van der Waals surface area contributed by atoms with E-state index in [0.29, 0.717) is 12.1 Å². The number of aryl methyl sites for hydroxylation is 2. The van der Waals surface area contributed by atoms with Crippen LogP contribution in [0.3, 0.4) is 0 Å². The number of benzene rings is 2.